The van der Waals surface area contributed by atoms with Crippen molar-refractivity contribution in [1.29, 1.82) is 0 Å². The van der Waals surface area contributed by atoms with Crippen molar-refractivity contribution in [2.75, 3.05) is 0 Å². The number of aryl methyl sites for hydroxylation is 1. The number of nitrogens with zero attached hydrogens (tertiary/aromatic N) is 1. The summed E-state index contributed by atoms with van der Waals surface area (Å²) in [6, 6.07) is 6.80. The lowest BCUT2D eigenvalue weighted by Crippen LogP contribution is -2.41. The van der Waals surface area contributed by atoms with E-state index in [0.29, 0.717) is 18.4 Å². The summed E-state index contributed by atoms with van der Waals surface area (Å²) in [4.78, 5) is 13.2. The van der Waals surface area contributed by atoms with E-state index in [1.807, 2.05) is 19.9 Å². The van der Waals surface area contributed by atoms with Crippen LogP contribution >= 0.6 is 0 Å². The lowest BCUT2D eigenvalue weighted by Gasteiger charge is -2.43. The monoisotopic (exact) mass is 338 g/mol. The first-order valence-electron chi connectivity index (χ1n) is 8.79. The molecule has 1 aromatic heterocycles. The standard InChI is InChI=1S/C21H23FN2O/c1-12-18-16(24-23-12)9-13-10-20(2,3)11-17(25)19(13)21(18,4)14-7-5-6-8-15(14)22/h5-8H,9-11H2,1-4H3,(H,23,24). The van der Waals surface area contributed by atoms with Gasteiger partial charge in [0.15, 0.2) is 5.78 Å². The van der Waals surface area contributed by atoms with E-state index in [1.165, 1.54) is 6.07 Å². The lowest BCUT2D eigenvalue weighted by atomic mass is 9.58. The number of H-pyrrole nitrogens is 1. The summed E-state index contributed by atoms with van der Waals surface area (Å²) >= 11 is 0. The van der Waals surface area contributed by atoms with Crippen LogP contribution < -0.4 is 0 Å². The second-order valence-electron chi connectivity index (χ2n) is 8.37. The highest BCUT2D eigenvalue weighted by Gasteiger charge is 2.49. The molecule has 4 heteroatoms. The van der Waals surface area contributed by atoms with Gasteiger partial charge in [0, 0.05) is 35.2 Å². The normalized spacial score (nSPS) is 24.9. The predicted octanol–water partition coefficient (Wildman–Crippen LogP) is 4.41. The van der Waals surface area contributed by atoms with Gasteiger partial charge in [-0.05, 0) is 31.7 Å². The number of halogens is 1. The van der Waals surface area contributed by atoms with E-state index in [4.69, 9.17) is 0 Å². The van der Waals surface area contributed by atoms with Crippen LogP contribution in [0.25, 0.3) is 0 Å². The molecule has 1 atom stereocenters. The van der Waals surface area contributed by atoms with Crippen molar-refractivity contribution >= 4 is 5.78 Å². The number of hydrogen-bond acceptors (Lipinski definition) is 2. The molecule has 2 aliphatic carbocycles. The third kappa shape index (κ3) is 2.23. The second-order valence-corrected chi connectivity index (χ2v) is 8.37. The molecular weight excluding hydrogens is 315 g/mol. The fourth-order valence-electron chi connectivity index (χ4n) is 4.97. The van der Waals surface area contributed by atoms with Crippen LogP contribution in [0.15, 0.2) is 35.4 Å². The summed E-state index contributed by atoms with van der Waals surface area (Å²) < 4.78 is 14.8. The number of carbonyl (C=O) groups is 1. The summed E-state index contributed by atoms with van der Waals surface area (Å²) in [5, 5.41) is 7.54. The molecule has 1 N–H and O–H groups in total. The van der Waals surface area contributed by atoms with Crippen molar-refractivity contribution in [3.63, 3.8) is 0 Å². The minimum atomic E-state index is -0.793. The Balaban J connectivity index is 2.05. The number of aromatic nitrogens is 2. The molecule has 130 valence electrons. The first-order chi connectivity index (χ1) is 11.7. The largest absolute Gasteiger partial charge is 0.294 e. The molecule has 3 nitrogen and oxygen atoms in total. The number of Topliss-reactive ketones (excluding diaryl/α,β-unsaturated/α-hetero) is 1. The first-order valence-corrected chi connectivity index (χ1v) is 8.79. The van der Waals surface area contributed by atoms with Crippen LogP contribution in [0.1, 0.15) is 56.1 Å². The summed E-state index contributed by atoms with van der Waals surface area (Å²) in [5.74, 6) is -0.133. The van der Waals surface area contributed by atoms with Crippen LogP contribution in [0.3, 0.4) is 0 Å². The van der Waals surface area contributed by atoms with Crippen LogP contribution in [0.2, 0.25) is 0 Å². The van der Waals surface area contributed by atoms with Gasteiger partial charge >= 0.3 is 0 Å². The minimum Gasteiger partial charge on any atom is -0.294 e. The van der Waals surface area contributed by atoms with Gasteiger partial charge in [-0.25, -0.2) is 4.39 Å². The quantitative estimate of drug-likeness (QED) is 0.837. The molecule has 0 amide bonds. The van der Waals surface area contributed by atoms with Crippen LogP contribution in [0.5, 0.6) is 0 Å². The fraction of sp³-hybridized carbons (Fsp3) is 0.429. The molecule has 25 heavy (non-hydrogen) atoms. The minimum absolute atomic E-state index is 0.0606. The molecule has 0 saturated carbocycles. The van der Waals surface area contributed by atoms with E-state index < -0.39 is 5.41 Å². The molecule has 0 spiro atoms. The Morgan fingerprint density at radius 1 is 1.16 bits per heavy atom. The molecule has 0 fully saturated rings. The van der Waals surface area contributed by atoms with E-state index in [1.54, 1.807) is 12.1 Å². The van der Waals surface area contributed by atoms with E-state index in [-0.39, 0.29) is 17.0 Å². The number of benzene rings is 1. The highest BCUT2D eigenvalue weighted by atomic mass is 19.1. The molecule has 0 aliphatic heterocycles. The van der Waals surface area contributed by atoms with Gasteiger partial charge in [0.25, 0.3) is 0 Å². The fourth-order valence-corrected chi connectivity index (χ4v) is 4.97. The molecule has 1 aromatic carbocycles. The highest BCUT2D eigenvalue weighted by molar-refractivity contribution is 6.01. The Kier molecular flexibility index (Phi) is 3.34. The SMILES string of the molecule is Cc1[nH]nc2c1C(C)(c1ccccc1F)C1=C(C2)CC(C)(C)CC1=O. The number of rotatable bonds is 1. The molecule has 2 aromatic rings. The topological polar surface area (TPSA) is 45.8 Å². The molecule has 0 saturated heterocycles. The third-order valence-electron chi connectivity index (χ3n) is 5.78. The van der Waals surface area contributed by atoms with Gasteiger partial charge in [-0.3, -0.25) is 9.89 Å². The van der Waals surface area contributed by atoms with Gasteiger partial charge in [0.05, 0.1) is 11.1 Å². The average molecular weight is 338 g/mol. The number of aromatic amines is 1. The zero-order valence-electron chi connectivity index (χ0n) is 15.2. The van der Waals surface area contributed by atoms with Crippen molar-refractivity contribution in [2.45, 2.75) is 52.4 Å². The van der Waals surface area contributed by atoms with Gasteiger partial charge in [-0.2, -0.15) is 5.10 Å². The second kappa shape index (κ2) is 5.13. The van der Waals surface area contributed by atoms with Gasteiger partial charge in [0.2, 0.25) is 0 Å². The molecule has 1 heterocycles. The summed E-state index contributed by atoms with van der Waals surface area (Å²) in [7, 11) is 0. The zero-order chi connectivity index (χ0) is 18.0. The van der Waals surface area contributed by atoms with Crippen LogP contribution in [-0.4, -0.2) is 16.0 Å². The van der Waals surface area contributed by atoms with Gasteiger partial charge in [-0.1, -0.05) is 37.6 Å². The van der Waals surface area contributed by atoms with E-state index in [2.05, 4.69) is 24.0 Å². The molecule has 0 radical (unpaired) electrons. The lowest BCUT2D eigenvalue weighted by molar-refractivity contribution is -0.118. The smallest absolute Gasteiger partial charge is 0.160 e. The van der Waals surface area contributed by atoms with Crippen LogP contribution in [0.4, 0.5) is 4.39 Å². The highest BCUT2D eigenvalue weighted by Crippen LogP contribution is 2.52. The van der Waals surface area contributed by atoms with E-state index in [9.17, 15) is 9.18 Å². The summed E-state index contributed by atoms with van der Waals surface area (Å²) in [6.07, 6.45) is 2.03. The Hall–Kier alpha value is -2.23. The Labute approximate surface area is 147 Å². The maximum atomic E-state index is 14.8. The third-order valence-corrected chi connectivity index (χ3v) is 5.78. The number of allylic oxidation sites excluding steroid dienone is 2. The first kappa shape index (κ1) is 16.2. The maximum absolute atomic E-state index is 14.8. The number of fused-ring (bicyclic) bond motifs is 1. The predicted molar refractivity (Wildman–Crippen MR) is 94.9 cm³/mol. The Morgan fingerprint density at radius 3 is 2.60 bits per heavy atom. The molecular formula is C21H23FN2O. The Bertz CT molecular complexity index is 922. The van der Waals surface area contributed by atoms with Crippen LogP contribution in [-0.2, 0) is 16.6 Å². The maximum Gasteiger partial charge on any atom is 0.160 e. The zero-order valence-corrected chi connectivity index (χ0v) is 15.2. The molecule has 0 bridgehead atoms. The van der Waals surface area contributed by atoms with Crippen LogP contribution in [0, 0.1) is 18.2 Å². The number of carbonyl (C=O) groups excluding carboxylic acids is 1. The molecule has 2 aliphatic rings. The Morgan fingerprint density at radius 2 is 1.88 bits per heavy atom. The number of hydrogen-bond donors (Lipinski definition) is 1. The average Bonchev–Trinajstić information content (AvgIpc) is 2.87. The molecule has 4 rings (SSSR count). The number of nitrogens with one attached hydrogen (secondary N) is 1. The van der Waals surface area contributed by atoms with Crippen molar-refractivity contribution < 1.29 is 9.18 Å². The van der Waals surface area contributed by atoms with Gasteiger partial charge in [0.1, 0.15) is 5.82 Å². The van der Waals surface area contributed by atoms with Crippen molar-refractivity contribution in [2.24, 2.45) is 5.41 Å². The van der Waals surface area contributed by atoms with Gasteiger partial charge in [-0.15, -0.1) is 0 Å². The summed E-state index contributed by atoms with van der Waals surface area (Å²) in [5.41, 5.74) is 4.41. The van der Waals surface area contributed by atoms with E-state index >= 15 is 0 Å². The molecule has 1 unspecified atom stereocenters. The van der Waals surface area contributed by atoms with Crippen molar-refractivity contribution in [3.05, 3.63) is 63.7 Å². The van der Waals surface area contributed by atoms with E-state index in [0.717, 1.165) is 34.5 Å². The van der Waals surface area contributed by atoms with Gasteiger partial charge < -0.3 is 0 Å². The summed E-state index contributed by atoms with van der Waals surface area (Å²) in [6.45, 7) is 8.19. The number of ketones is 1. The van der Waals surface area contributed by atoms with Crippen molar-refractivity contribution in [1.82, 2.24) is 10.2 Å². The van der Waals surface area contributed by atoms with Crippen molar-refractivity contribution in [3.8, 4) is 0 Å².